The maximum absolute atomic E-state index is 12.5. The lowest BCUT2D eigenvalue weighted by molar-refractivity contribution is 0.0591. The highest BCUT2D eigenvalue weighted by atomic mass is 35.5. The van der Waals surface area contributed by atoms with Crippen molar-refractivity contribution in [3.63, 3.8) is 0 Å². The summed E-state index contributed by atoms with van der Waals surface area (Å²) in [4.78, 5) is 21.0. The van der Waals surface area contributed by atoms with Crippen LogP contribution in [0.5, 0.6) is 0 Å². The molecule has 0 radical (unpaired) electrons. The van der Waals surface area contributed by atoms with Gasteiger partial charge in [0, 0.05) is 51.4 Å². The van der Waals surface area contributed by atoms with Crippen LogP contribution in [0.25, 0.3) is 5.65 Å². The number of hydrogen-bond donors (Lipinski definition) is 0. The second-order valence-electron chi connectivity index (χ2n) is 6.80. The summed E-state index contributed by atoms with van der Waals surface area (Å²) < 4.78 is 30.1. The maximum Gasteiger partial charge on any atom is 0.289 e. The minimum absolute atomic E-state index is 0.0473. The molecule has 4 rings (SSSR count). The number of rotatable bonds is 4. The Morgan fingerprint density at radius 1 is 1.14 bits per heavy atom. The fourth-order valence-corrected chi connectivity index (χ4v) is 3.95. The lowest BCUT2D eigenvalue weighted by atomic mass is 10.2. The highest BCUT2D eigenvalue weighted by molar-refractivity contribution is 7.90. The normalized spacial score (nSPS) is 16.0. The summed E-state index contributed by atoms with van der Waals surface area (Å²) in [5.41, 5.74) is 1.78. The second-order valence-corrected chi connectivity index (χ2v) is 9.19. The number of hydrogen-bond acceptors (Lipinski definition) is 6. The zero-order valence-corrected chi connectivity index (χ0v) is 16.8. The molecule has 28 heavy (non-hydrogen) atoms. The number of piperazine rings is 1. The molecule has 0 spiro atoms. The van der Waals surface area contributed by atoms with E-state index in [-0.39, 0.29) is 16.8 Å². The Morgan fingerprint density at radius 2 is 1.89 bits per heavy atom. The number of carbonyl (C=O) groups excluding carboxylic acids is 1. The number of aromatic nitrogens is 2. The first-order chi connectivity index (χ1) is 13.3. The molecule has 8 nitrogen and oxygen atoms in total. The molecule has 0 saturated carbocycles. The van der Waals surface area contributed by atoms with Crippen molar-refractivity contribution in [2.24, 2.45) is 0 Å². The SMILES string of the molecule is CS(=O)(=O)c1ccc(C(=O)N2CCN(Cc3cn4cc(Cl)ccc4n3)CC2)o1. The molecule has 0 aliphatic carbocycles. The van der Waals surface area contributed by atoms with E-state index in [2.05, 4.69) is 9.88 Å². The summed E-state index contributed by atoms with van der Waals surface area (Å²) >= 11 is 6.00. The van der Waals surface area contributed by atoms with Crippen LogP contribution in [-0.4, -0.2) is 65.9 Å². The van der Waals surface area contributed by atoms with Gasteiger partial charge in [-0.1, -0.05) is 11.6 Å². The van der Waals surface area contributed by atoms with Gasteiger partial charge in [-0.2, -0.15) is 0 Å². The van der Waals surface area contributed by atoms with Crippen molar-refractivity contribution in [1.82, 2.24) is 19.2 Å². The Morgan fingerprint density at radius 3 is 2.57 bits per heavy atom. The molecule has 3 aromatic rings. The molecule has 0 unspecified atom stereocenters. The molecule has 4 heterocycles. The number of amides is 1. The van der Waals surface area contributed by atoms with Crippen LogP contribution < -0.4 is 0 Å². The number of furan rings is 1. The van der Waals surface area contributed by atoms with Gasteiger partial charge in [0.1, 0.15) is 5.65 Å². The summed E-state index contributed by atoms with van der Waals surface area (Å²) in [6.07, 6.45) is 4.82. The van der Waals surface area contributed by atoms with E-state index in [1.165, 1.54) is 12.1 Å². The average molecular weight is 423 g/mol. The van der Waals surface area contributed by atoms with E-state index in [0.29, 0.717) is 37.7 Å². The van der Waals surface area contributed by atoms with Crippen LogP contribution in [0, 0.1) is 0 Å². The Labute approximate surface area is 167 Å². The molecule has 0 bridgehead atoms. The number of pyridine rings is 1. The van der Waals surface area contributed by atoms with Crippen LogP contribution in [0.4, 0.5) is 0 Å². The quantitative estimate of drug-likeness (QED) is 0.638. The number of sulfone groups is 1. The number of fused-ring (bicyclic) bond motifs is 1. The van der Waals surface area contributed by atoms with Crippen molar-refractivity contribution in [1.29, 1.82) is 0 Å². The minimum Gasteiger partial charge on any atom is -0.440 e. The minimum atomic E-state index is -3.47. The van der Waals surface area contributed by atoms with Gasteiger partial charge >= 0.3 is 0 Å². The first-order valence-electron chi connectivity index (χ1n) is 8.74. The van der Waals surface area contributed by atoms with E-state index in [4.69, 9.17) is 16.0 Å². The molecular formula is C18H19ClN4O4S. The van der Waals surface area contributed by atoms with E-state index in [9.17, 15) is 13.2 Å². The molecule has 0 N–H and O–H groups in total. The summed E-state index contributed by atoms with van der Waals surface area (Å²) in [6, 6.07) is 6.40. The first-order valence-corrected chi connectivity index (χ1v) is 11.0. The predicted octanol–water partition coefficient (Wildman–Crippen LogP) is 1.94. The molecule has 0 aromatic carbocycles. The van der Waals surface area contributed by atoms with E-state index in [1.807, 2.05) is 28.9 Å². The van der Waals surface area contributed by atoms with Gasteiger partial charge in [-0.05, 0) is 24.3 Å². The largest absolute Gasteiger partial charge is 0.440 e. The average Bonchev–Trinajstić information content (AvgIpc) is 3.28. The molecule has 1 saturated heterocycles. The lowest BCUT2D eigenvalue weighted by Crippen LogP contribution is -2.48. The Hall–Kier alpha value is -2.36. The Balaban J connectivity index is 1.37. The molecular weight excluding hydrogens is 404 g/mol. The summed E-state index contributed by atoms with van der Waals surface area (Å²) in [5.74, 6) is -0.247. The van der Waals surface area contributed by atoms with Crippen LogP contribution in [0.3, 0.4) is 0 Å². The van der Waals surface area contributed by atoms with E-state index in [1.54, 1.807) is 4.90 Å². The number of nitrogens with zero attached hydrogens (tertiary/aromatic N) is 4. The van der Waals surface area contributed by atoms with Crippen molar-refractivity contribution in [3.8, 4) is 0 Å². The highest BCUT2D eigenvalue weighted by Gasteiger charge is 2.26. The molecule has 1 aliphatic heterocycles. The smallest absolute Gasteiger partial charge is 0.289 e. The summed E-state index contributed by atoms with van der Waals surface area (Å²) in [5, 5.41) is 0.460. The maximum atomic E-state index is 12.5. The van der Waals surface area contributed by atoms with Crippen LogP contribution in [0.15, 0.2) is 46.2 Å². The van der Waals surface area contributed by atoms with Crippen LogP contribution >= 0.6 is 11.6 Å². The molecule has 1 amide bonds. The Bertz CT molecular complexity index is 1130. The third kappa shape index (κ3) is 3.91. The van der Waals surface area contributed by atoms with Crippen LogP contribution in [0.1, 0.15) is 16.2 Å². The molecule has 3 aromatic heterocycles. The first kappa shape index (κ1) is 19.0. The summed E-state index contributed by atoms with van der Waals surface area (Å²) in [7, 11) is -3.47. The van der Waals surface area contributed by atoms with Gasteiger partial charge < -0.3 is 13.7 Å². The van der Waals surface area contributed by atoms with Crippen molar-refractivity contribution in [2.45, 2.75) is 11.6 Å². The number of imidazole rings is 1. The fourth-order valence-electron chi connectivity index (χ4n) is 3.22. The standard InChI is InChI=1S/C18H19ClN4O4S/c1-28(25,26)17-5-3-15(27-17)18(24)22-8-6-21(7-9-22)11-14-12-23-10-13(19)2-4-16(23)20-14/h2-5,10,12H,6-9,11H2,1H3. The molecule has 1 aliphatic rings. The Kier molecular flexibility index (Phi) is 4.90. The van der Waals surface area contributed by atoms with E-state index >= 15 is 0 Å². The number of halogens is 1. The third-order valence-electron chi connectivity index (χ3n) is 4.67. The predicted molar refractivity (Wildman–Crippen MR) is 103 cm³/mol. The van der Waals surface area contributed by atoms with Crippen molar-refractivity contribution in [2.75, 3.05) is 32.4 Å². The molecule has 1 fully saturated rings. The van der Waals surface area contributed by atoms with Gasteiger partial charge in [0.15, 0.2) is 5.76 Å². The zero-order chi connectivity index (χ0) is 19.9. The van der Waals surface area contributed by atoms with Gasteiger partial charge in [-0.15, -0.1) is 0 Å². The molecule has 148 valence electrons. The van der Waals surface area contributed by atoms with E-state index < -0.39 is 9.84 Å². The van der Waals surface area contributed by atoms with Gasteiger partial charge in [0.25, 0.3) is 5.91 Å². The second kappa shape index (κ2) is 7.23. The molecule has 10 heteroatoms. The summed E-state index contributed by atoms with van der Waals surface area (Å²) in [6.45, 7) is 3.14. The van der Waals surface area contributed by atoms with Crippen molar-refractivity contribution >= 4 is 33.0 Å². The van der Waals surface area contributed by atoms with Crippen molar-refractivity contribution in [3.05, 3.63) is 53.1 Å². The lowest BCUT2D eigenvalue weighted by Gasteiger charge is -2.33. The van der Waals surface area contributed by atoms with Gasteiger partial charge in [0.05, 0.1) is 10.7 Å². The van der Waals surface area contributed by atoms with Crippen LogP contribution in [-0.2, 0) is 16.4 Å². The van der Waals surface area contributed by atoms with Gasteiger partial charge in [-0.3, -0.25) is 9.69 Å². The third-order valence-corrected chi connectivity index (χ3v) is 5.84. The van der Waals surface area contributed by atoms with Crippen molar-refractivity contribution < 1.29 is 17.6 Å². The van der Waals surface area contributed by atoms with Crippen LogP contribution in [0.2, 0.25) is 5.02 Å². The van der Waals surface area contributed by atoms with Gasteiger partial charge in [-0.25, -0.2) is 13.4 Å². The number of carbonyl (C=O) groups is 1. The zero-order valence-electron chi connectivity index (χ0n) is 15.2. The fraction of sp³-hybridized carbons (Fsp3) is 0.333. The highest BCUT2D eigenvalue weighted by Crippen LogP contribution is 2.18. The topological polar surface area (TPSA) is 88.1 Å². The van der Waals surface area contributed by atoms with E-state index in [0.717, 1.165) is 17.6 Å². The van der Waals surface area contributed by atoms with Gasteiger partial charge in [0.2, 0.25) is 14.9 Å². The molecule has 0 atom stereocenters. The monoisotopic (exact) mass is 422 g/mol.